The van der Waals surface area contributed by atoms with Crippen LogP contribution >= 0.6 is 0 Å². The molecule has 3 saturated carbocycles. The number of nitrogens with one attached hydrogen (secondary N) is 2. The molecule has 0 aromatic carbocycles. The molecule has 35 heavy (non-hydrogen) atoms. The average Bonchev–Trinajstić information content (AvgIpc) is 3.41. The summed E-state index contributed by atoms with van der Waals surface area (Å²) in [6.07, 6.45) is 9.14. The number of hydrogen-bond acceptors (Lipinski definition) is 4. The number of amides is 2. The molecule has 3 unspecified atom stereocenters. The third kappa shape index (κ3) is 3.28. The van der Waals surface area contributed by atoms with Gasteiger partial charge < -0.3 is 15.2 Å². The number of pyridine rings is 1. The monoisotopic (exact) mass is 479 g/mol. The molecule has 2 N–H and O–H groups in total. The fourth-order valence-corrected chi connectivity index (χ4v) is 8.53. The van der Waals surface area contributed by atoms with Crippen molar-refractivity contribution >= 4 is 23.0 Å². The molecule has 7 atom stereocenters. The first-order chi connectivity index (χ1) is 16.7. The van der Waals surface area contributed by atoms with Gasteiger partial charge in [-0.15, -0.1) is 0 Å². The minimum Gasteiger partial charge on any atom is -0.349 e. The molecular weight excluding hydrogens is 445 g/mol. The maximum absolute atomic E-state index is 14.6. The van der Waals surface area contributed by atoms with E-state index in [0.717, 1.165) is 44.0 Å². The Balaban J connectivity index is 1.19. The molecule has 2 aromatic rings. The Morgan fingerprint density at radius 1 is 1.23 bits per heavy atom. The van der Waals surface area contributed by atoms with E-state index in [1.165, 1.54) is 0 Å². The molecule has 0 saturated heterocycles. The minimum absolute atomic E-state index is 0.0237. The molecule has 2 amide bonds. The van der Waals surface area contributed by atoms with Crippen molar-refractivity contribution in [3.05, 3.63) is 36.1 Å². The fraction of sp³-hybridized carbons (Fsp3) is 0.630. The summed E-state index contributed by atoms with van der Waals surface area (Å²) in [5, 5.41) is 3.14. The van der Waals surface area contributed by atoms with Gasteiger partial charge in [0.05, 0.1) is 12.1 Å². The smallest absolute Gasteiger partial charge is 0.282 e. The number of H-pyrrole nitrogens is 1. The molecule has 3 fully saturated rings. The molecule has 1 aliphatic heterocycles. The molecule has 3 aliphatic carbocycles. The third-order valence-corrected chi connectivity index (χ3v) is 10.2. The Hall–Kier alpha value is -2.77. The Labute approximate surface area is 205 Å². The van der Waals surface area contributed by atoms with Crippen molar-refractivity contribution in [2.24, 2.45) is 34.5 Å². The summed E-state index contributed by atoms with van der Waals surface area (Å²) in [4.78, 5) is 39.3. The van der Waals surface area contributed by atoms with Gasteiger partial charge in [0.2, 0.25) is 5.91 Å². The molecule has 0 radical (unpaired) electrons. The zero-order valence-electron chi connectivity index (χ0n) is 20.7. The van der Waals surface area contributed by atoms with Crippen LogP contribution in [0, 0.1) is 34.5 Å². The van der Waals surface area contributed by atoms with E-state index < -0.39 is 11.7 Å². The van der Waals surface area contributed by atoms with Gasteiger partial charge in [-0.3, -0.25) is 9.59 Å². The van der Waals surface area contributed by atoms with Gasteiger partial charge in [-0.1, -0.05) is 13.8 Å². The zero-order chi connectivity index (χ0) is 24.5. The van der Waals surface area contributed by atoms with E-state index in [-0.39, 0.29) is 28.7 Å². The highest BCUT2D eigenvalue weighted by Crippen LogP contribution is 2.65. The second-order valence-electron chi connectivity index (χ2n) is 11.7. The standard InChI is InChI=1S/C27H34FN5O2/c1-26-11-10-17-15(6-9-21-27(17,2)13-19(28)25(35)33(21)3)16(26)7-8-18(26)24(34)30-14-22-31-20-5-4-12-29-23(20)32-22/h4-5,12-13,15-18,21H,6-11,14H2,1-3H3,(H,30,34)(H,29,31,32)/t15?,16-,17?,18+,21?,26-,27+/m0/s1. The van der Waals surface area contributed by atoms with Crippen LogP contribution in [0.15, 0.2) is 30.2 Å². The molecular formula is C27H34FN5O2. The van der Waals surface area contributed by atoms with E-state index in [2.05, 4.69) is 34.1 Å². The van der Waals surface area contributed by atoms with Crippen LogP contribution in [0.3, 0.4) is 0 Å². The quantitative estimate of drug-likeness (QED) is 0.693. The van der Waals surface area contributed by atoms with Crippen LogP contribution in [0.5, 0.6) is 0 Å². The molecule has 0 spiro atoms. The molecule has 3 heterocycles. The highest BCUT2D eigenvalue weighted by molar-refractivity contribution is 5.92. The van der Waals surface area contributed by atoms with Gasteiger partial charge >= 0.3 is 0 Å². The van der Waals surface area contributed by atoms with Gasteiger partial charge in [-0.05, 0) is 79.9 Å². The van der Waals surface area contributed by atoms with Crippen molar-refractivity contribution in [2.75, 3.05) is 7.05 Å². The lowest BCUT2D eigenvalue weighted by molar-refractivity contribution is -0.145. The summed E-state index contributed by atoms with van der Waals surface area (Å²) in [6, 6.07) is 3.84. The maximum Gasteiger partial charge on any atom is 0.282 e. The van der Waals surface area contributed by atoms with Crippen molar-refractivity contribution in [1.29, 1.82) is 0 Å². The van der Waals surface area contributed by atoms with Gasteiger partial charge in [-0.25, -0.2) is 14.4 Å². The van der Waals surface area contributed by atoms with Crippen LogP contribution in [-0.2, 0) is 16.1 Å². The highest BCUT2D eigenvalue weighted by atomic mass is 19.1. The first-order valence-electron chi connectivity index (χ1n) is 12.9. The van der Waals surface area contributed by atoms with E-state index in [9.17, 15) is 14.0 Å². The van der Waals surface area contributed by atoms with Gasteiger partial charge in [-0.2, -0.15) is 0 Å². The lowest BCUT2D eigenvalue weighted by Crippen LogP contribution is -2.60. The van der Waals surface area contributed by atoms with Crippen LogP contribution in [0.4, 0.5) is 4.39 Å². The van der Waals surface area contributed by atoms with Crippen molar-refractivity contribution in [3.8, 4) is 0 Å². The second-order valence-corrected chi connectivity index (χ2v) is 11.7. The van der Waals surface area contributed by atoms with Gasteiger partial charge in [0.1, 0.15) is 5.82 Å². The lowest BCUT2D eigenvalue weighted by Gasteiger charge is -2.60. The van der Waals surface area contributed by atoms with Crippen molar-refractivity contribution < 1.29 is 14.0 Å². The number of rotatable bonds is 3. The van der Waals surface area contributed by atoms with Crippen molar-refractivity contribution in [1.82, 2.24) is 25.2 Å². The zero-order valence-corrected chi connectivity index (χ0v) is 20.7. The summed E-state index contributed by atoms with van der Waals surface area (Å²) >= 11 is 0. The van der Waals surface area contributed by atoms with Crippen LogP contribution in [0.25, 0.3) is 11.2 Å². The summed E-state index contributed by atoms with van der Waals surface area (Å²) in [5.41, 5.74) is 1.13. The van der Waals surface area contributed by atoms with E-state index in [1.807, 2.05) is 12.1 Å². The second kappa shape index (κ2) is 7.87. The van der Waals surface area contributed by atoms with Gasteiger partial charge in [0.15, 0.2) is 11.5 Å². The summed E-state index contributed by atoms with van der Waals surface area (Å²) < 4.78 is 14.6. The maximum atomic E-state index is 14.6. The van der Waals surface area contributed by atoms with Crippen molar-refractivity contribution in [3.63, 3.8) is 0 Å². The third-order valence-electron chi connectivity index (χ3n) is 10.2. The molecule has 8 heteroatoms. The number of imidazole rings is 1. The van der Waals surface area contributed by atoms with Crippen LogP contribution in [0.1, 0.15) is 58.2 Å². The number of likely N-dealkylation sites (N-methyl/N-ethyl adjacent to an activating group) is 1. The van der Waals surface area contributed by atoms with Gasteiger partial charge in [0, 0.05) is 30.6 Å². The van der Waals surface area contributed by atoms with E-state index >= 15 is 0 Å². The predicted molar refractivity (Wildman–Crippen MR) is 129 cm³/mol. The summed E-state index contributed by atoms with van der Waals surface area (Å²) in [7, 11) is 1.75. The number of carbonyl (C=O) groups is 2. The lowest BCUT2D eigenvalue weighted by atomic mass is 9.47. The Morgan fingerprint density at radius 2 is 2.06 bits per heavy atom. The highest BCUT2D eigenvalue weighted by Gasteiger charge is 2.62. The van der Waals surface area contributed by atoms with E-state index in [0.29, 0.717) is 35.8 Å². The van der Waals surface area contributed by atoms with E-state index in [4.69, 9.17) is 0 Å². The summed E-state index contributed by atoms with van der Waals surface area (Å²) in [6.45, 7) is 4.82. The largest absolute Gasteiger partial charge is 0.349 e. The Kier molecular flexibility index (Phi) is 5.10. The molecule has 2 aromatic heterocycles. The van der Waals surface area contributed by atoms with E-state index in [1.54, 1.807) is 24.2 Å². The first-order valence-corrected chi connectivity index (χ1v) is 12.9. The number of aromatic amines is 1. The van der Waals surface area contributed by atoms with Crippen LogP contribution in [-0.4, -0.2) is 44.8 Å². The molecule has 186 valence electrons. The average molecular weight is 480 g/mol. The molecule has 4 aliphatic rings. The fourth-order valence-electron chi connectivity index (χ4n) is 8.53. The van der Waals surface area contributed by atoms with Crippen LogP contribution < -0.4 is 5.32 Å². The summed E-state index contributed by atoms with van der Waals surface area (Å²) in [5.74, 6) is 0.954. The molecule has 0 bridgehead atoms. The molecule has 7 nitrogen and oxygen atoms in total. The topological polar surface area (TPSA) is 91.0 Å². The Morgan fingerprint density at radius 3 is 2.86 bits per heavy atom. The SMILES string of the molecule is CN1C(=O)C(F)=C[C@]2(C)C3CC[C@]4(C)[C@@H](C(=O)NCc5nc6ncccc6[nH]5)CC[C@H]4C3CCC12. The number of halogens is 1. The number of nitrogens with zero attached hydrogens (tertiary/aromatic N) is 3. The molecule has 6 rings (SSSR count). The minimum atomic E-state index is -0.607. The Bertz CT molecular complexity index is 1190. The van der Waals surface area contributed by atoms with Crippen molar-refractivity contribution in [2.45, 2.75) is 65.0 Å². The first kappa shape index (κ1) is 22.7. The number of aromatic nitrogens is 3. The number of fused-ring (bicyclic) bond motifs is 6. The van der Waals surface area contributed by atoms with Crippen LogP contribution in [0.2, 0.25) is 0 Å². The number of carbonyl (C=O) groups excluding carboxylic acids is 2. The predicted octanol–water partition coefficient (Wildman–Crippen LogP) is 4.13. The number of hydrogen-bond donors (Lipinski definition) is 2. The van der Waals surface area contributed by atoms with Gasteiger partial charge in [0.25, 0.3) is 5.91 Å². The normalized spacial score (nSPS) is 38.5.